The lowest BCUT2D eigenvalue weighted by Gasteiger charge is -2.33. The Bertz CT molecular complexity index is 150. The van der Waals surface area contributed by atoms with Crippen LogP contribution in [-0.4, -0.2) is 49.8 Å². The van der Waals surface area contributed by atoms with Crippen LogP contribution in [0.2, 0.25) is 0 Å². The summed E-state index contributed by atoms with van der Waals surface area (Å²) in [5.41, 5.74) is 0. The minimum atomic E-state index is 0.313. The number of aliphatic hydroxyl groups excluding tert-OH is 1. The Balaban J connectivity index is 2.25. The van der Waals surface area contributed by atoms with E-state index in [1.165, 1.54) is 25.9 Å². The summed E-state index contributed by atoms with van der Waals surface area (Å²) in [4.78, 5) is 2.49. The lowest BCUT2D eigenvalue weighted by atomic mass is 9.97. The minimum Gasteiger partial charge on any atom is -0.396 e. The Morgan fingerprint density at radius 1 is 1.57 bits per heavy atom. The molecule has 2 atom stereocenters. The zero-order chi connectivity index (χ0) is 10.4. The predicted octanol–water partition coefficient (Wildman–Crippen LogP) is 0.546. The fourth-order valence-corrected chi connectivity index (χ4v) is 2.27. The van der Waals surface area contributed by atoms with Crippen molar-refractivity contribution in [1.82, 2.24) is 10.2 Å². The van der Waals surface area contributed by atoms with Crippen molar-refractivity contribution in [3.8, 4) is 0 Å². The number of piperidine rings is 1. The van der Waals surface area contributed by atoms with Gasteiger partial charge in [-0.3, -0.25) is 0 Å². The lowest BCUT2D eigenvalue weighted by molar-refractivity contribution is 0.128. The van der Waals surface area contributed by atoms with Gasteiger partial charge in [-0.2, -0.15) is 0 Å². The second kappa shape index (κ2) is 6.38. The van der Waals surface area contributed by atoms with Crippen LogP contribution in [0.15, 0.2) is 0 Å². The number of nitrogens with one attached hydrogen (secondary N) is 1. The number of nitrogens with zero attached hydrogens (tertiary/aromatic N) is 1. The van der Waals surface area contributed by atoms with Gasteiger partial charge in [-0.05, 0) is 44.8 Å². The summed E-state index contributed by atoms with van der Waals surface area (Å²) in [5, 5.41) is 12.2. The molecule has 2 N–H and O–H groups in total. The maximum absolute atomic E-state index is 9.00. The van der Waals surface area contributed by atoms with Gasteiger partial charge in [0.1, 0.15) is 0 Å². The minimum absolute atomic E-state index is 0.313. The maximum atomic E-state index is 9.00. The van der Waals surface area contributed by atoms with E-state index in [9.17, 15) is 0 Å². The molecule has 0 saturated carbocycles. The van der Waals surface area contributed by atoms with Crippen molar-refractivity contribution in [3.63, 3.8) is 0 Å². The number of aliphatic hydroxyl groups is 1. The first-order valence-electron chi connectivity index (χ1n) is 5.74. The van der Waals surface area contributed by atoms with E-state index >= 15 is 0 Å². The average molecular weight is 200 g/mol. The molecule has 0 aliphatic carbocycles. The largest absolute Gasteiger partial charge is 0.396 e. The van der Waals surface area contributed by atoms with Crippen LogP contribution in [-0.2, 0) is 0 Å². The molecule has 1 aliphatic rings. The summed E-state index contributed by atoms with van der Waals surface area (Å²) in [6.07, 6.45) is 2.66. The van der Waals surface area contributed by atoms with Crippen LogP contribution < -0.4 is 5.32 Å². The third-order valence-corrected chi connectivity index (χ3v) is 2.98. The van der Waals surface area contributed by atoms with E-state index in [0.29, 0.717) is 12.5 Å². The van der Waals surface area contributed by atoms with Crippen LogP contribution in [0, 0.1) is 11.8 Å². The number of hydrogen-bond acceptors (Lipinski definition) is 3. The first kappa shape index (κ1) is 12.0. The van der Waals surface area contributed by atoms with Crippen molar-refractivity contribution >= 4 is 0 Å². The molecule has 0 aromatic carbocycles. The van der Waals surface area contributed by atoms with Crippen molar-refractivity contribution in [3.05, 3.63) is 0 Å². The first-order chi connectivity index (χ1) is 6.76. The fourth-order valence-electron chi connectivity index (χ4n) is 2.27. The Morgan fingerprint density at radius 3 is 3.00 bits per heavy atom. The second-order valence-corrected chi connectivity index (χ2v) is 4.61. The molecule has 1 aliphatic heterocycles. The van der Waals surface area contributed by atoms with E-state index in [4.69, 9.17) is 5.11 Å². The molecular weight excluding hydrogens is 176 g/mol. The van der Waals surface area contributed by atoms with E-state index < -0.39 is 0 Å². The highest BCUT2D eigenvalue weighted by Gasteiger charge is 2.20. The Morgan fingerprint density at radius 2 is 2.36 bits per heavy atom. The van der Waals surface area contributed by atoms with Crippen molar-refractivity contribution < 1.29 is 5.11 Å². The molecule has 3 nitrogen and oxygen atoms in total. The zero-order valence-corrected chi connectivity index (χ0v) is 9.50. The molecule has 84 valence electrons. The number of likely N-dealkylation sites (tertiary alicyclic amines) is 1. The van der Waals surface area contributed by atoms with Gasteiger partial charge < -0.3 is 15.3 Å². The quantitative estimate of drug-likeness (QED) is 0.680. The van der Waals surface area contributed by atoms with Gasteiger partial charge in [0.25, 0.3) is 0 Å². The molecule has 3 heteroatoms. The third-order valence-electron chi connectivity index (χ3n) is 2.98. The zero-order valence-electron chi connectivity index (χ0n) is 9.50. The molecule has 0 spiro atoms. The molecule has 0 radical (unpaired) electrons. The molecule has 1 rings (SSSR count). The third kappa shape index (κ3) is 3.95. The van der Waals surface area contributed by atoms with Crippen LogP contribution >= 0.6 is 0 Å². The average Bonchev–Trinajstić information content (AvgIpc) is 2.19. The van der Waals surface area contributed by atoms with Gasteiger partial charge in [-0.25, -0.2) is 0 Å². The molecular formula is C11H24N2O. The molecule has 1 fully saturated rings. The Labute approximate surface area is 87.5 Å². The van der Waals surface area contributed by atoms with Crippen LogP contribution in [0.5, 0.6) is 0 Å². The molecule has 1 heterocycles. The second-order valence-electron chi connectivity index (χ2n) is 4.61. The topological polar surface area (TPSA) is 35.5 Å². The van der Waals surface area contributed by atoms with Crippen LogP contribution in [0.25, 0.3) is 0 Å². The van der Waals surface area contributed by atoms with E-state index in [1.807, 2.05) is 7.05 Å². The summed E-state index contributed by atoms with van der Waals surface area (Å²) < 4.78 is 0. The van der Waals surface area contributed by atoms with Gasteiger partial charge in [0.15, 0.2) is 0 Å². The van der Waals surface area contributed by atoms with Crippen molar-refractivity contribution in [1.29, 1.82) is 0 Å². The maximum Gasteiger partial charge on any atom is 0.0468 e. The van der Waals surface area contributed by atoms with Crippen molar-refractivity contribution in [2.24, 2.45) is 11.8 Å². The normalized spacial score (nSPS) is 26.4. The van der Waals surface area contributed by atoms with E-state index in [2.05, 4.69) is 17.1 Å². The number of rotatable bonds is 5. The van der Waals surface area contributed by atoms with Gasteiger partial charge in [0, 0.05) is 19.7 Å². The van der Waals surface area contributed by atoms with E-state index in [-0.39, 0.29) is 0 Å². The molecule has 0 amide bonds. The van der Waals surface area contributed by atoms with E-state index in [1.54, 1.807) is 0 Å². The standard InChI is InChI=1S/C11H24N2O/c1-10(9-14)7-13-5-3-4-11(8-13)6-12-2/h10-12,14H,3-9H2,1-2H3. The van der Waals surface area contributed by atoms with Gasteiger partial charge in [0.2, 0.25) is 0 Å². The highest BCUT2D eigenvalue weighted by Crippen LogP contribution is 2.16. The monoisotopic (exact) mass is 200 g/mol. The lowest BCUT2D eigenvalue weighted by Crippen LogP contribution is -2.41. The SMILES string of the molecule is CNCC1CCCN(CC(C)CO)C1. The number of hydrogen-bond donors (Lipinski definition) is 2. The molecule has 14 heavy (non-hydrogen) atoms. The summed E-state index contributed by atoms with van der Waals surface area (Å²) >= 11 is 0. The molecule has 0 aromatic rings. The summed E-state index contributed by atoms with van der Waals surface area (Å²) in [6.45, 7) is 7.02. The van der Waals surface area contributed by atoms with Crippen LogP contribution in [0.1, 0.15) is 19.8 Å². The highest BCUT2D eigenvalue weighted by molar-refractivity contribution is 4.75. The highest BCUT2D eigenvalue weighted by atomic mass is 16.3. The molecule has 2 unspecified atom stereocenters. The predicted molar refractivity (Wildman–Crippen MR) is 59.3 cm³/mol. The summed E-state index contributed by atoms with van der Waals surface area (Å²) in [7, 11) is 2.02. The van der Waals surface area contributed by atoms with Gasteiger partial charge in [0.05, 0.1) is 0 Å². The summed E-state index contributed by atoms with van der Waals surface area (Å²) in [6, 6.07) is 0. The molecule has 0 bridgehead atoms. The van der Waals surface area contributed by atoms with Crippen LogP contribution in [0.4, 0.5) is 0 Å². The van der Waals surface area contributed by atoms with Gasteiger partial charge >= 0.3 is 0 Å². The van der Waals surface area contributed by atoms with E-state index in [0.717, 1.165) is 19.0 Å². The smallest absolute Gasteiger partial charge is 0.0468 e. The summed E-state index contributed by atoms with van der Waals surface area (Å²) in [5.74, 6) is 1.22. The molecule has 0 aromatic heterocycles. The Hall–Kier alpha value is -0.120. The molecule has 1 saturated heterocycles. The van der Waals surface area contributed by atoms with Crippen LogP contribution in [0.3, 0.4) is 0 Å². The van der Waals surface area contributed by atoms with Crippen molar-refractivity contribution in [2.75, 3.05) is 39.8 Å². The first-order valence-corrected chi connectivity index (χ1v) is 5.74. The van der Waals surface area contributed by atoms with Gasteiger partial charge in [-0.1, -0.05) is 6.92 Å². The van der Waals surface area contributed by atoms with Crippen molar-refractivity contribution in [2.45, 2.75) is 19.8 Å². The fraction of sp³-hybridized carbons (Fsp3) is 1.00. The van der Waals surface area contributed by atoms with Gasteiger partial charge in [-0.15, -0.1) is 0 Å². The Kier molecular flexibility index (Phi) is 5.45.